The van der Waals surface area contributed by atoms with Crippen molar-refractivity contribution in [1.82, 2.24) is 10.2 Å². The van der Waals surface area contributed by atoms with Crippen LogP contribution in [0.5, 0.6) is 5.75 Å². The highest BCUT2D eigenvalue weighted by molar-refractivity contribution is 6.34. The molecule has 2 aliphatic rings. The van der Waals surface area contributed by atoms with Gasteiger partial charge in [0.05, 0.1) is 19.6 Å². The maximum atomic E-state index is 12.3. The minimum atomic E-state index is -0.683. The lowest BCUT2D eigenvalue weighted by atomic mass is 9.94. The van der Waals surface area contributed by atoms with Crippen molar-refractivity contribution in [3.8, 4) is 5.75 Å². The Balaban J connectivity index is 1.58. The van der Waals surface area contributed by atoms with Crippen molar-refractivity contribution in [1.29, 1.82) is 0 Å². The molecule has 0 saturated carbocycles. The summed E-state index contributed by atoms with van der Waals surface area (Å²) in [6.45, 7) is 2.82. The molecule has 0 bridgehead atoms. The minimum Gasteiger partial charge on any atom is -0.481 e. The standard InChI is InChI=1S/C14H14Cl2N2O4/c1-8(21-11-3-9(15)2-10(16)4-11)12(19)18-6-14(7-18)5-17-13(20)22-14/h2-4,8H,5-7H2,1H3,(H,17,20). The van der Waals surface area contributed by atoms with Gasteiger partial charge < -0.3 is 19.7 Å². The highest BCUT2D eigenvalue weighted by Gasteiger charge is 2.52. The van der Waals surface area contributed by atoms with Crippen molar-refractivity contribution in [2.45, 2.75) is 18.6 Å². The summed E-state index contributed by atoms with van der Waals surface area (Å²) in [4.78, 5) is 25.0. The molecule has 1 atom stereocenters. The monoisotopic (exact) mass is 344 g/mol. The SMILES string of the molecule is CC(Oc1cc(Cl)cc(Cl)c1)C(=O)N1CC2(CNC(=O)O2)C1. The molecular weight excluding hydrogens is 331 g/mol. The zero-order chi connectivity index (χ0) is 15.9. The van der Waals surface area contributed by atoms with Gasteiger partial charge in [-0.2, -0.15) is 0 Å². The van der Waals surface area contributed by atoms with Crippen molar-refractivity contribution in [3.63, 3.8) is 0 Å². The molecule has 6 nitrogen and oxygen atoms in total. The van der Waals surface area contributed by atoms with E-state index in [9.17, 15) is 9.59 Å². The number of carbonyl (C=O) groups excluding carboxylic acids is 2. The Kier molecular flexibility index (Phi) is 3.82. The highest BCUT2D eigenvalue weighted by atomic mass is 35.5. The summed E-state index contributed by atoms with van der Waals surface area (Å²) in [5, 5.41) is 3.47. The lowest BCUT2D eigenvalue weighted by Crippen LogP contribution is -2.66. The van der Waals surface area contributed by atoms with Gasteiger partial charge in [-0.15, -0.1) is 0 Å². The molecule has 2 amide bonds. The molecule has 1 unspecified atom stereocenters. The van der Waals surface area contributed by atoms with Crippen LogP contribution in [0.2, 0.25) is 10.0 Å². The lowest BCUT2D eigenvalue weighted by molar-refractivity contribution is -0.156. The van der Waals surface area contributed by atoms with E-state index in [0.29, 0.717) is 35.4 Å². The molecule has 3 rings (SSSR count). The molecule has 1 aromatic carbocycles. The van der Waals surface area contributed by atoms with Crippen LogP contribution in [0.4, 0.5) is 4.79 Å². The van der Waals surface area contributed by atoms with Crippen LogP contribution in [0.3, 0.4) is 0 Å². The third kappa shape index (κ3) is 2.94. The Morgan fingerprint density at radius 1 is 1.36 bits per heavy atom. The Morgan fingerprint density at radius 2 is 2.00 bits per heavy atom. The molecule has 0 aliphatic carbocycles. The van der Waals surface area contributed by atoms with Gasteiger partial charge in [0.15, 0.2) is 11.7 Å². The number of ether oxygens (including phenoxy) is 2. The number of rotatable bonds is 3. The summed E-state index contributed by atoms with van der Waals surface area (Å²) in [6, 6.07) is 4.78. The average molecular weight is 345 g/mol. The van der Waals surface area contributed by atoms with E-state index in [2.05, 4.69) is 5.32 Å². The van der Waals surface area contributed by atoms with Crippen LogP contribution < -0.4 is 10.1 Å². The second-order valence-electron chi connectivity index (χ2n) is 5.49. The fraction of sp³-hybridized carbons (Fsp3) is 0.429. The van der Waals surface area contributed by atoms with Crippen LogP contribution in [0.25, 0.3) is 0 Å². The van der Waals surface area contributed by atoms with Crippen LogP contribution in [0.15, 0.2) is 18.2 Å². The van der Waals surface area contributed by atoms with Gasteiger partial charge in [-0.05, 0) is 25.1 Å². The first-order valence-corrected chi connectivity index (χ1v) is 7.51. The molecule has 2 heterocycles. The smallest absolute Gasteiger partial charge is 0.408 e. The topological polar surface area (TPSA) is 67.9 Å². The summed E-state index contributed by atoms with van der Waals surface area (Å²) in [7, 11) is 0. The summed E-state index contributed by atoms with van der Waals surface area (Å²) < 4.78 is 10.8. The molecule has 0 radical (unpaired) electrons. The number of likely N-dealkylation sites (tertiary alicyclic amines) is 1. The quantitative estimate of drug-likeness (QED) is 0.911. The average Bonchev–Trinajstić information content (AvgIpc) is 2.77. The Labute approximate surface area is 137 Å². The molecule has 118 valence electrons. The predicted octanol–water partition coefficient (Wildman–Crippen LogP) is 2.08. The summed E-state index contributed by atoms with van der Waals surface area (Å²) in [5.74, 6) is 0.257. The van der Waals surface area contributed by atoms with E-state index in [0.717, 1.165) is 0 Å². The highest BCUT2D eigenvalue weighted by Crippen LogP contribution is 2.30. The number of amides is 2. The zero-order valence-electron chi connectivity index (χ0n) is 11.8. The predicted molar refractivity (Wildman–Crippen MR) is 80.3 cm³/mol. The number of hydrogen-bond donors (Lipinski definition) is 1. The third-order valence-corrected chi connectivity index (χ3v) is 4.07. The van der Waals surface area contributed by atoms with E-state index in [1.165, 1.54) is 0 Å². The molecule has 1 spiro atoms. The van der Waals surface area contributed by atoms with Gasteiger partial charge in [0.25, 0.3) is 5.91 Å². The summed E-state index contributed by atoms with van der Waals surface area (Å²) in [5.41, 5.74) is -0.578. The first kappa shape index (κ1) is 15.2. The van der Waals surface area contributed by atoms with Crippen molar-refractivity contribution < 1.29 is 19.1 Å². The number of nitrogens with one attached hydrogen (secondary N) is 1. The van der Waals surface area contributed by atoms with E-state index >= 15 is 0 Å². The van der Waals surface area contributed by atoms with Crippen molar-refractivity contribution in [3.05, 3.63) is 28.2 Å². The van der Waals surface area contributed by atoms with Gasteiger partial charge in [-0.25, -0.2) is 4.79 Å². The Bertz CT molecular complexity index is 611. The molecule has 8 heteroatoms. The van der Waals surface area contributed by atoms with Gasteiger partial charge in [0.2, 0.25) is 0 Å². The lowest BCUT2D eigenvalue weighted by Gasteiger charge is -2.45. The van der Waals surface area contributed by atoms with Crippen LogP contribution in [-0.4, -0.2) is 48.2 Å². The summed E-state index contributed by atoms with van der Waals surface area (Å²) >= 11 is 11.8. The van der Waals surface area contributed by atoms with Crippen molar-refractivity contribution in [2.24, 2.45) is 0 Å². The number of alkyl carbamates (subject to hydrolysis) is 1. The fourth-order valence-corrected chi connectivity index (χ4v) is 3.10. The Hall–Kier alpha value is -1.66. The normalized spacial score (nSPS) is 20.1. The largest absolute Gasteiger partial charge is 0.481 e. The van der Waals surface area contributed by atoms with Crippen molar-refractivity contribution >= 4 is 35.2 Å². The van der Waals surface area contributed by atoms with Gasteiger partial charge in [0.1, 0.15) is 5.75 Å². The van der Waals surface area contributed by atoms with Gasteiger partial charge >= 0.3 is 6.09 Å². The number of halogens is 2. The molecular formula is C14H14Cl2N2O4. The first-order valence-electron chi connectivity index (χ1n) is 6.75. The second kappa shape index (κ2) is 5.52. The molecule has 2 aliphatic heterocycles. The molecule has 1 N–H and O–H groups in total. The van der Waals surface area contributed by atoms with Crippen LogP contribution in [0.1, 0.15) is 6.92 Å². The number of benzene rings is 1. The van der Waals surface area contributed by atoms with Crippen LogP contribution in [-0.2, 0) is 9.53 Å². The third-order valence-electron chi connectivity index (χ3n) is 3.63. The van der Waals surface area contributed by atoms with Crippen LogP contribution in [0, 0.1) is 0 Å². The number of carbonyl (C=O) groups is 2. The van der Waals surface area contributed by atoms with E-state index in [4.69, 9.17) is 32.7 Å². The molecule has 0 aromatic heterocycles. The maximum absolute atomic E-state index is 12.3. The van der Waals surface area contributed by atoms with Gasteiger partial charge in [-0.1, -0.05) is 23.2 Å². The number of hydrogen-bond acceptors (Lipinski definition) is 4. The molecule has 2 fully saturated rings. The first-order chi connectivity index (χ1) is 10.4. The Morgan fingerprint density at radius 3 is 2.55 bits per heavy atom. The molecule has 22 heavy (non-hydrogen) atoms. The van der Waals surface area contributed by atoms with Gasteiger partial charge in [0, 0.05) is 10.0 Å². The molecule has 1 aromatic rings. The minimum absolute atomic E-state index is 0.176. The molecule has 2 saturated heterocycles. The second-order valence-corrected chi connectivity index (χ2v) is 6.36. The zero-order valence-corrected chi connectivity index (χ0v) is 13.3. The van der Waals surface area contributed by atoms with Crippen LogP contribution >= 0.6 is 23.2 Å². The fourth-order valence-electron chi connectivity index (χ4n) is 2.59. The van der Waals surface area contributed by atoms with E-state index < -0.39 is 17.8 Å². The van der Waals surface area contributed by atoms with Crippen molar-refractivity contribution in [2.75, 3.05) is 19.6 Å². The van der Waals surface area contributed by atoms with E-state index in [1.54, 1.807) is 30.0 Å². The summed E-state index contributed by atoms with van der Waals surface area (Å²) in [6.07, 6.45) is -1.12. The number of nitrogens with zero attached hydrogens (tertiary/aromatic N) is 1. The van der Waals surface area contributed by atoms with E-state index in [1.807, 2.05) is 0 Å². The maximum Gasteiger partial charge on any atom is 0.408 e. The van der Waals surface area contributed by atoms with Gasteiger partial charge in [-0.3, -0.25) is 4.79 Å². The van der Waals surface area contributed by atoms with E-state index in [-0.39, 0.29) is 5.91 Å².